The van der Waals surface area contributed by atoms with Crippen LogP contribution in [0.4, 0.5) is 19.0 Å². The van der Waals surface area contributed by atoms with Crippen LogP contribution in [0.15, 0.2) is 48.7 Å². The van der Waals surface area contributed by atoms with Crippen molar-refractivity contribution in [3.8, 4) is 34.3 Å². The Kier molecular flexibility index (Phi) is 11.4. The quantitative estimate of drug-likeness (QED) is 0.107. The van der Waals surface area contributed by atoms with E-state index < -0.39 is 17.8 Å². The fourth-order valence-corrected chi connectivity index (χ4v) is 7.85. The van der Waals surface area contributed by atoms with Crippen LogP contribution >= 0.6 is 11.6 Å². The number of methoxy groups -OCH3 is 2. The van der Waals surface area contributed by atoms with Gasteiger partial charge in [0.2, 0.25) is 23.6 Å². The molecule has 290 valence electrons. The molecule has 55 heavy (non-hydrogen) atoms. The highest BCUT2D eigenvalue weighted by Gasteiger charge is 2.37. The largest absolute Gasteiger partial charge is 0.481 e. The molecule has 2 saturated heterocycles. The molecule has 3 aromatic heterocycles. The SMILES string of the molecule is COc1nc(-c2ccnc(-c3cccc4c3CC[C@@H]4Nc3nc(OC)c(CNC[C@H]4CCC(=O)N4)cc3C(F)(F)F)c2Cl)ccc1CNC[C@H]1CCC(=O)N1. The zero-order valence-electron chi connectivity index (χ0n) is 30.4. The maximum atomic E-state index is 14.5. The van der Waals surface area contributed by atoms with Crippen LogP contribution in [-0.4, -0.2) is 66.2 Å². The van der Waals surface area contributed by atoms with E-state index in [0.29, 0.717) is 79.6 Å². The molecule has 1 aliphatic carbocycles. The number of benzene rings is 1. The second kappa shape index (κ2) is 16.4. The first kappa shape index (κ1) is 38.3. The molecule has 0 radical (unpaired) electrons. The Morgan fingerprint density at radius 1 is 0.836 bits per heavy atom. The van der Waals surface area contributed by atoms with Gasteiger partial charge in [-0.1, -0.05) is 35.9 Å². The molecule has 3 aliphatic rings. The first-order valence-electron chi connectivity index (χ1n) is 18.2. The van der Waals surface area contributed by atoms with Gasteiger partial charge in [-0.3, -0.25) is 14.6 Å². The lowest BCUT2D eigenvalue weighted by molar-refractivity contribution is -0.137. The van der Waals surface area contributed by atoms with E-state index in [1.54, 1.807) is 19.4 Å². The topological polar surface area (TPSA) is 151 Å². The summed E-state index contributed by atoms with van der Waals surface area (Å²) in [5, 5.41) is 15.7. The van der Waals surface area contributed by atoms with E-state index >= 15 is 0 Å². The van der Waals surface area contributed by atoms with Crippen LogP contribution in [-0.2, 0) is 35.3 Å². The summed E-state index contributed by atoms with van der Waals surface area (Å²) in [6.45, 7) is 1.63. The highest BCUT2D eigenvalue weighted by atomic mass is 35.5. The predicted octanol–water partition coefficient (Wildman–Crippen LogP) is 5.73. The average Bonchev–Trinajstić information content (AvgIpc) is 3.91. The Morgan fingerprint density at radius 2 is 1.51 bits per heavy atom. The molecule has 0 unspecified atom stereocenters. The van der Waals surface area contributed by atoms with Gasteiger partial charge in [0.05, 0.1) is 42.2 Å². The van der Waals surface area contributed by atoms with Gasteiger partial charge in [-0.25, -0.2) is 4.98 Å². The molecule has 4 aromatic rings. The van der Waals surface area contributed by atoms with E-state index in [0.717, 1.165) is 34.7 Å². The summed E-state index contributed by atoms with van der Waals surface area (Å²) in [4.78, 5) is 36.8. The molecular formula is C39H42ClF3N8O4. The Labute approximate surface area is 321 Å². The second-order valence-electron chi connectivity index (χ2n) is 13.9. The number of carbonyl (C=O) groups excluding carboxylic acids is 2. The molecule has 5 N–H and O–H groups in total. The van der Waals surface area contributed by atoms with Crippen molar-refractivity contribution in [3.63, 3.8) is 0 Å². The van der Waals surface area contributed by atoms with E-state index in [-0.39, 0.29) is 47.7 Å². The fourth-order valence-electron chi connectivity index (χ4n) is 7.54. The van der Waals surface area contributed by atoms with Crippen molar-refractivity contribution in [2.75, 3.05) is 32.6 Å². The van der Waals surface area contributed by atoms with Crippen molar-refractivity contribution in [3.05, 3.63) is 81.5 Å². The molecule has 5 heterocycles. The molecular weight excluding hydrogens is 737 g/mol. The minimum Gasteiger partial charge on any atom is -0.481 e. The molecule has 0 bridgehead atoms. The number of anilines is 1. The molecule has 0 spiro atoms. The van der Waals surface area contributed by atoms with Crippen LogP contribution in [0.5, 0.6) is 11.8 Å². The van der Waals surface area contributed by atoms with Gasteiger partial charge in [-0.15, -0.1) is 0 Å². The van der Waals surface area contributed by atoms with Gasteiger partial charge in [0, 0.05) is 79.6 Å². The summed E-state index contributed by atoms with van der Waals surface area (Å²) in [5.41, 5.74) is 4.52. The number of pyridine rings is 3. The van der Waals surface area contributed by atoms with E-state index in [9.17, 15) is 22.8 Å². The first-order chi connectivity index (χ1) is 26.5. The van der Waals surface area contributed by atoms with Gasteiger partial charge in [-0.2, -0.15) is 18.2 Å². The Hall–Kier alpha value is -4.99. The highest BCUT2D eigenvalue weighted by molar-refractivity contribution is 6.35. The number of hydrogen-bond acceptors (Lipinski definition) is 10. The summed E-state index contributed by atoms with van der Waals surface area (Å²) < 4.78 is 54.6. The number of nitrogens with zero attached hydrogens (tertiary/aromatic N) is 3. The summed E-state index contributed by atoms with van der Waals surface area (Å²) >= 11 is 7.07. The lowest BCUT2D eigenvalue weighted by atomic mass is 9.98. The van der Waals surface area contributed by atoms with Gasteiger partial charge in [0.25, 0.3) is 0 Å². The third kappa shape index (κ3) is 8.48. The van der Waals surface area contributed by atoms with Crippen LogP contribution in [0.3, 0.4) is 0 Å². The van der Waals surface area contributed by atoms with Crippen molar-refractivity contribution < 1.29 is 32.2 Å². The Bertz CT molecular complexity index is 2080. The maximum Gasteiger partial charge on any atom is 0.419 e. The first-order valence-corrected chi connectivity index (χ1v) is 18.6. The van der Waals surface area contributed by atoms with Crippen LogP contribution in [0.2, 0.25) is 5.02 Å². The molecule has 7 rings (SSSR count). The number of rotatable bonds is 14. The molecule has 0 saturated carbocycles. The van der Waals surface area contributed by atoms with Crippen molar-refractivity contribution in [2.45, 2.75) is 75.9 Å². The molecule has 2 fully saturated rings. The lowest BCUT2D eigenvalue weighted by Gasteiger charge is -2.21. The number of amides is 2. The number of halogens is 4. The maximum absolute atomic E-state index is 14.5. The van der Waals surface area contributed by atoms with Gasteiger partial charge in [-0.05, 0) is 55.0 Å². The van der Waals surface area contributed by atoms with Gasteiger partial charge < -0.3 is 36.1 Å². The van der Waals surface area contributed by atoms with Crippen molar-refractivity contribution in [1.29, 1.82) is 0 Å². The standard InChI is InChI=1S/C39H42ClF3N8O4/c1-54-37-21(17-44-19-23-7-12-32(52)47-23)6-10-31(50-37)28-14-15-46-35(34(28)40)27-5-3-4-26-25(27)9-11-30(26)49-36-29(39(41,42)43)16-22(38(51-36)55-2)18-45-20-24-8-13-33(53)48-24/h3-6,10,14-16,23-24,30,44-45H,7-9,11-13,17-20H2,1-2H3,(H,47,52)(H,48,53)(H,49,51)/t23-,24-,30+/m1/s1. The zero-order chi connectivity index (χ0) is 38.7. The fraction of sp³-hybridized carbons (Fsp3) is 0.410. The second-order valence-corrected chi connectivity index (χ2v) is 14.3. The van der Waals surface area contributed by atoms with E-state index in [1.165, 1.54) is 7.11 Å². The van der Waals surface area contributed by atoms with Crippen LogP contribution in [0, 0.1) is 0 Å². The predicted molar refractivity (Wildman–Crippen MR) is 201 cm³/mol. The molecule has 1 aromatic carbocycles. The number of nitrogens with one attached hydrogen (secondary N) is 5. The van der Waals surface area contributed by atoms with Gasteiger partial charge in [0.1, 0.15) is 5.82 Å². The van der Waals surface area contributed by atoms with Crippen molar-refractivity contribution in [1.82, 2.24) is 36.2 Å². The third-order valence-corrected chi connectivity index (χ3v) is 10.7. The molecule has 2 amide bonds. The minimum atomic E-state index is -4.68. The zero-order valence-corrected chi connectivity index (χ0v) is 31.2. The van der Waals surface area contributed by atoms with E-state index in [2.05, 4.69) is 36.6 Å². The van der Waals surface area contributed by atoms with Crippen molar-refractivity contribution >= 4 is 29.2 Å². The highest BCUT2D eigenvalue weighted by Crippen LogP contribution is 2.44. The monoisotopic (exact) mass is 778 g/mol. The summed E-state index contributed by atoms with van der Waals surface area (Å²) in [6.07, 6.45) is 0.503. The van der Waals surface area contributed by atoms with E-state index in [4.69, 9.17) is 26.1 Å². The van der Waals surface area contributed by atoms with Gasteiger partial charge >= 0.3 is 6.18 Å². The molecule has 12 nitrogen and oxygen atoms in total. The van der Waals surface area contributed by atoms with Crippen LogP contribution in [0.25, 0.3) is 22.5 Å². The number of hydrogen-bond donors (Lipinski definition) is 5. The van der Waals surface area contributed by atoms with Crippen LogP contribution in [0.1, 0.15) is 66.0 Å². The summed E-state index contributed by atoms with van der Waals surface area (Å²) in [7, 11) is 2.93. The summed E-state index contributed by atoms with van der Waals surface area (Å²) in [6, 6.07) is 11.9. The normalized spacial score (nSPS) is 19.3. The van der Waals surface area contributed by atoms with Crippen LogP contribution < -0.4 is 36.1 Å². The molecule has 16 heteroatoms. The number of fused-ring (bicyclic) bond motifs is 1. The van der Waals surface area contributed by atoms with Crippen molar-refractivity contribution in [2.24, 2.45) is 0 Å². The minimum absolute atomic E-state index is 0.0346. The number of ether oxygens (including phenoxy) is 2. The smallest absolute Gasteiger partial charge is 0.419 e. The average molecular weight is 779 g/mol. The summed E-state index contributed by atoms with van der Waals surface area (Å²) in [5.74, 6) is 0.232. The molecule has 2 aliphatic heterocycles. The Balaban J connectivity index is 1.10. The van der Waals surface area contributed by atoms with Gasteiger partial charge in [0.15, 0.2) is 0 Å². The molecule has 3 atom stereocenters. The number of alkyl halides is 3. The lowest BCUT2D eigenvalue weighted by Crippen LogP contribution is -2.35. The third-order valence-electron chi connectivity index (χ3n) is 10.3. The number of aromatic nitrogens is 3. The Morgan fingerprint density at radius 3 is 2.15 bits per heavy atom. The number of carbonyl (C=O) groups is 2. The van der Waals surface area contributed by atoms with E-state index in [1.807, 2.05) is 30.3 Å².